The molecule has 0 fully saturated rings. The number of anilines is 1. The average molecular weight is 453 g/mol. The van der Waals surface area contributed by atoms with Crippen LogP contribution in [0.15, 0.2) is 54.6 Å². The fourth-order valence-corrected chi connectivity index (χ4v) is 3.94. The summed E-state index contributed by atoms with van der Waals surface area (Å²) in [5.74, 6) is 0.284. The smallest absolute Gasteiger partial charge is 0.249 e. The molecule has 3 rings (SSSR count). The molecule has 7 nitrogen and oxygen atoms in total. The van der Waals surface area contributed by atoms with Gasteiger partial charge in [0, 0.05) is 18.4 Å². The van der Waals surface area contributed by atoms with Gasteiger partial charge in [0.25, 0.3) is 0 Å². The SMILES string of the molecule is CCCCCC(=O)NC(Cc1ccccc1)C(=O)Nc1nnc(-c2cccc(OC)c2)s1. The third kappa shape index (κ3) is 6.88. The normalized spacial score (nSPS) is 11.6. The first-order valence-corrected chi connectivity index (χ1v) is 11.5. The standard InChI is InChI=1S/C24H28N4O3S/c1-3-4-6-14-21(29)25-20(15-17-10-7-5-8-11-17)22(30)26-24-28-27-23(32-24)18-12-9-13-19(16-18)31-2/h5,7-13,16,20H,3-4,6,14-15H2,1-2H3,(H,25,29)(H,26,28,30). The minimum atomic E-state index is -0.698. The van der Waals surface area contributed by atoms with Gasteiger partial charge in [-0.1, -0.05) is 73.6 Å². The van der Waals surface area contributed by atoms with Gasteiger partial charge in [-0.25, -0.2) is 0 Å². The van der Waals surface area contributed by atoms with Crippen molar-refractivity contribution in [2.75, 3.05) is 12.4 Å². The monoisotopic (exact) mass is 452 g/mol. The van der Waals surface area contributed by atoms with Crippen LogP contribution in [-0.4, -0.2) is 35.2 Å². The maximum atomic E-state index is 13.0. The second-order valence-electron chi connectivity index (χ2n) is 7.40. The number of carbonyl (C=O) groups is 2. The van der Waals surface area contributed by atoms with Crippen LogP contribution in [0.2, 0.25) is 0 Å². The number of rotatable bonds is 11. The van der Waals surface area contributed by atoms with Crippen LogP contribution in [0.3, 0.4) is 0 Å². The van der Waals surface area contributed by atoms with Crippen LogP contribution in [0.5, 0.6) is 5.75 Å². The van der Waals surface area contributed by atoms with E-state index in [4.69, 9.17) is 4.74 Å². The van der Waals surface area contributed by atoms with E-state index >= 15 is 0 Å². The zero-order valence-corrected chi connectivity index (χ0v) is 19.2. The third-order valence-corrected chi connectivity index (χ3v) is 5.80. The van der Waals surface area contributed by atoms with Gasteiger partial charge in [0.05, 0.1) is 7.11 Å². The molecule has 0 saturated heterocycles. The van der Waals surface area contributed by atoms with Crippen molar-refractivity contribution >= 4 is 28.3 Å². The highest BCUT2D eigenvalue weighted by Gasteiger charge is 2.22. The number of amides is 2. The first-order valence-electron chi connectivity index (χ1n) is 10.7. The Kier molecular flexibility index (Phi) is 8.74. The Morgan fingerprint density at radius 1 is 1.06 bits per heavy atom. The lowest BCUT2D eigenvalue weighted by molar-refractivity contribution is -0.126. The molecule has 0 saturated carbocycles. The molecule has 2 N–H and O–H groups in total. The van der Waals surface area contributed by atoms with Crippen molar-refractivity contribution in [3.63, 3.8) is 0 Å². The molecule has 0 aliphatic rings. The molecule has 0 aliphatic carbocycles. The Morgan fingerprint density at radius 3 is 2.62 bits per heavy atom. The predicted octanol–water partition coefficient (Wildman–Crippen LogP) is 4.46. The van der Waals surface area contributed by atoms with Crippen molar-refractivity contribution in [1.29, 1.82) is 0 Å². The Balaban J connectivity index is 1.69. The maximum absolute atomic E-state index is 13.0. The highest BCUT2D eigenvalue weighted by Crippen LogP contribution is 2.28. The number of aromatic nitrogens is 2. The summed E-state index contributed by atoms with van der Waals surface area (Å²) in [6.45, 7) is 2.09. The topological polar surface area (TPSA) is 93.2 Å². The highest BCUT2D eigenvalue weighted by atomic mass is 32.1. The molecule has 0 spiro atoms. The van der Waals surface area contributed by atoms with E-state index < -0.39 is 6.04 Å². The number of hydrogen-bond donors (Lipinski definition) is 2. The fraction of sp³-hybridized carbons (Fsp3) is 0.333. The zero-order valence-electron chi connectivity index (χ0n) is 18.3. The highest BCUT2D eigenvalue weighted by molar-refractivity contribution is 7.18. The van der Waals surface area contributed by atoms with Crippen LogP contribution in [0.4, 0.5) is 5.13 Å². The van der Waals surface area contributed by atoms with Gasteiger partial charge in [0.15, 0.2) is 0 Å². The molecule has 1 unspecified atom stereocenters. The van der Waals surface area contributed by atoms with Gasteiger partial charge in [-0.2, -0.15) is 0 Å². The van der Waals surface area contributed by atoms with Crippen LogP contribution in [-0.2, 0) is 16.0 Å². The predicted molar refractivity (Wildman–Crippen MR) is 127 cm³/mol. The van der Waals surface area contributed by atoms with Gasteiger partial charge < -0.3 is 10.1 Å². The van der Waals surface area contributed by atoms with E-state index in [1.54, 1.807) is 7.11 Å². The Hall–Kier alpha value is -3.26. The first-order chi connectivity index (χ1) is 15.6. The van der Waals surface area contributed by atoms with Gasteiger partial charge in [0.1, 0.15) is 16.8 Å². The van der Waals surface area contributed by atoms with E-state index in [9.17, 15) is 9.59 Å². The van der Waals surface area contributed by atoms with E-state index in [1.807, 2.05) is 54.6 Å². The molecule has 2 aromatic carbocycles. The summed E-state index contributed by atoms with van der Waals surface area (Å²) in [6.07, 6.45) is 3.63. The number of methoxy groups -OCH3 is 1. The lowest BCUT2D eigenvalue weighted by atomic mass is 10.0. The lowest BCUT2D eigenvalue weighted by Gasteiger charge is -2.18. The van der Waals surface area contributed by atoms with Crippen LogP contribution >= 0.6 is 11.3 Å². The van der Waals surface area contributed by atoms with Gasteiger partial charge in [-0.15, -0.1) is 10.2 Å². The van der Waals surface area contributed by atoms with E-state index in [1.165, 1.54) is 11.3 Å². The molecule has 8 heteroatoms. The first kappa shape index (κ1) is 23.4. The third-order valence-electron chi connectivity index (χ3n) is 4.91. The second kappa shape index (κ2) is 12.0. The van der Waals surface area contributed by atoms with E-state index in [2.05, 4.69) is 27.8 Å². The van der Waals surface area contributed by atoms with Crippen molar-refractivity contribution in [3.8, 4) is 16.3 Å². The minimum Gasteiger partial charge on any atom is -0.497 e. The summed E-state index contributed by atoms with van der Waals surface area (Å²) in [4.78, 5) is 25.4. The van der Waals surface area contributed by atoms with Crippen molar-refractivity contribution in [1.82, 2.24) is 15.5 Å². The summed E-state index contributed by atoms with van der Waals surface area (Å²) in [5.41, 5.74) is 1.82. The molecule has 0 bridgehead atoms. The maximum Gasteiger partial charge on any atom is 0.249 e. The van der Waals surface area contributed by atoms with Crippen LogP contribution in [0, 0.1) is 0 Å². The Bertz CT molecular complexity index is 1020. The molecular weight excluding hydrogens is 424 g/mol. The molecule has 3 aromatic rings. The van der Waals surface area contributed by atoms with Crippen molar-refractivity contribution in [2.45, 2.75) is 45.1 Å². The summed E-state index contributed by atoms with van der Waals surface area (Å²) in [6, 6.07) is 16.4. The van der Waals surface area contributed by atoms with Crippen LogP contribution in [0.25, 0.3) is 10.6 Å². The van der Waals surface area contributed by atoms with Crippen LogP contribution < -0.4 is 15.4 Å². The largest absolute Gasteiger partial charge is 0.497 e. The van der Waals surface area contributed by atoms with Crippen molar-refractivity contribution in [3.05, 3.63) is 60.2 Å². The minimum absolute atomic E-state index is 0.121. The molecule has 32 heavy (non-hydrogen) atoms. The van der Waals surface area contributed by atoms with E-state index in [0.717, 1.165) is 36.1 Å². The quantitative estimate of drug-likeness (QED) is 0.419. The number of benzene rings is 2. The summed E-state index contributed by atoms with van der Waals surface area (Å²) >= 11 is 1.27. The molecule has 1 heterocycles. The number of unbranched alkanes of at least 4 members (excludes halogenated alkanes) is 2. The molecule has 0 radical (unpaired) electrons. The average Bonchev–Trinajstić information content (AvgIpc) is 3.28. The molecule has 168 valence electrons. The number of nitrogens with zero attached hydrogens (tertiary/aromatic N) is 2. The zero-order chi connectivity index (χ0) is 22.8. The van der Waals surface area contributed by atoms with Gasteiger partial charge >= 0.3 is 0 Å². The summed E-state index contributed by atoms with van der Waals surface area (Å²) in [7, 11) is 1.61. The van der Waals surface area contributed by atoms with E-state index in [-0.39, 0.29) is 11.8 Å². The Labute approximate surface area is 192 Å². The molecule has 1 aromatic heterocycles. The van der Waals surface area contributed by atoms with Gasteiger partial charge in [-0.05, 0) is 24.1 Å². The number of nitrogens with one attached hydrogen (secondary N) is 2. The Morgan fingerprint density at radius 2 is 1.88 bits per heavy atom. The van der Waals surface area contributed by atoms with Crippen LogP contribution in [0.1, 0.15) is 38.2 Å². The number of hydrogen-bond acceptors (Lipinski definition) is 6. The van der Waals surface area contributed by atoms with Gasteiger partial charge in [-0.3, -0.25) is 14.9 Å². The lowest BCUT2D eigenvalue weighted by Crippen LogP contribution is -2.45. The molecule has 1 atom stereocenters. The van der Waals surface area contributed by atoms with Crippen molar-refractivity contribution < 1.29 is 14.3 Å². The van der Waals surface area contributed by atoms with E-state index in [0.29, 0.717) is 23.0 Å². The fourth-order valence-electron chi connectivity index (χ4n) is 3.20. The number of carbonyl (C=O) groups excluding carboxylic acids is 2. The summed E-state index contributed by atoms with van der Waals surface area (Å²) < 4.78 is 5.25. The summed E-state index contributed by atoms with van der Waals surface area (Å²) in [5, 5.41) is 15.0. The molecule has 2 amide bonds. The second-order valence-corrected chi connectivity index (χ2v) is 8.38. The molecule has 0 aliphatic heterocycles. The van der Waals surface area contributed by atoms with Crippen molar-refractivity contribution in [2.24, 2.45) is 0 Å². The molecular formula is C24H28N4O3S. The van der Waals surface area contributed by atoms with Gasteiger partial charge in [0.2, 0.25) is 16.9 Å². The number of ether oxygens (including phenoxy) is 1.